The van der Waals surface area contributed by atoms with Crippen molar-refractivity contribution in [3.63, 3.8) is 0 Å². The van der Waals surface area contributed by atoms with E-state index >= 15 is 0 Å². The summed E-state index contributed by atoms with van der Waals surface area (Å²) < 4.78 is 50.8. The molecule has 0 amide bonds. The average Bonchev–Trinajstić information content (AvgIpc) is 3.23. The van der Waals surface area contributed by atoms with E-state index in [1.54, 1.807) is 36.4 Å². The van der Waals surface area contributed by atoms with Gasteiger partial charge in [0, 0.05) is 24.3 Å². The molecule has 3 aromatic rings. The number of hydrogen-bond acceptors (Lipinski definition) is 7. The predicted octanol–water partition coefficient (Wildman–Crippen LogP) is 2.51. The maximum absolute atomic E-state index is 13.0. The summed E-state index contributed by atoms with van der Waals surface area (Å²) in [5.41, 5.74) is 1.23. The molecule has 152 valence electrons. The van der Waals surface area contributed by atoms with Crippen LogP contribution in [-0.4, -0.2) is 49.2 Å². The number of benzene rings is 2. The highest BCUT2D eigenvalue weighted by Gasteiger charge is 2.26. The molecule has 2 aromatic carbocycles. The molecule has 0 unspecified atom stereocenters. The monoisotopic (exact) mass is 418 g/mol. The van der Waals surface area contributed by atoms with Crippen molar-refractivity contribution < 1.29 is 22.0 Å². The van der Waals surface area contributed by atoms with Crippen molar-refractivity contribution >= 4 is 15.7 Å². The SMILES string of the molecule is O=S(=O)(c1cccc(NCc2nnc(-c3ccc(F)cc3)o2)c1)N1CCOCC1. The molecule has 29 heavy (non-hydrogen) atoms. The standard InChI is InChI=1S/C19H19FN4O4S/c20-15-6-4-14(5-7-15)19-23-22-18(28-19)13-21-16-2-1-3-17(12-16)29(25,26)24-8-10-27-11-9-24/h1-7,12,21H,8-11,13H2. The van der Waals surface area contributed by atoms with Gasteiger partial charge < -0.3 is 14.5 Å². The molecule has 2 heterocycles. The van der Waals surface area contributed by atoms with Crippen molar-refractivity contribution in [1.82, 2.24) is 14.5 Å². The summed E-state index contributed by atoms with van der Waals surface area (Å²) in [6, 6.07) is 12.3. The average molecular weight is 418 g/mol. The summed E-state index contributed by atoms with van der Waals surface area (Å²) in [6.45, 7) is 1.69. The van der Waals surface area contributed by atoms with Gasteiger partial charge in [-0.25, -0.2) is 12.8 Å². The lowest BCUT2D eigenvalue weighted by atomic mass is 10.2. The molecule has 1 aromatic heterocycles. The van der Waals surface area contributed by atoms with Crippen LogP contribution < -0.4 is 5.32 Å². The normalized spacial score (nSPS) is 15.3. The molecule has 0 bridgehead atoms. The second-order valence-electron chi connectivity index (χ2n) is 6.41. The fraction of sp³-hybridized carbons (Fsp3) is 0.263. The summed E-state index contributed by atoms with van der Waals surface area (Å²) in [6.07, 6.45) is 0. The molecular formula is C19H19FN4O4S. The van der Waals surface area contributed by atoms with Crippen molar-refractivity contribution in [2.45, 2.75) is 11.4 Å². The minimum Gasteiger partial charge on any atom is -0.419 e. The van der Waals surface area contributed by atoms with Gasteiger partial charge in [0.05, 0.1) is 24.7 Å². The van der Waals surface area contributed by atoms with Gasteiger partial charge in [0.15, 0.2) is 0 Å². The molecule has 0 atom stereocenters. The minimum absolute atomic E-state index is 0.210. The van der Waals surface area contributed by atoms with Gasteiger partial charge in [-0.15, -0.1) is 10.2 Å². The molecule has 8 nitrogen and oxygen atoms in total. The molecule has 1 saturated heterocycles. The van der Waals surface area contributed by atoms with Gasteiger partial charge in [0.1, 0.15) is 5.82 Å². The van der Waals surface area contributed by atoms with E-state index in [9.17, 15) is 12.8 Å². The number of nitrogens with zero attached hydrogens (tertiary/aromatic N) is 3. The zero-order valence-corrected chi connectivity index (χ0v) is 16.2. The van der Waals surface area contributed by atoms with E-state index < -0.39 is 10.0 Å². The highest BCUT2D eigenvalue weighted by Crippen LogP contribution is 2.22. The van der Waals surface area contributed by atoms with Crippen molar-refractivity contribution in [2.75, 3.05) is 31.6 Å². The lowest BCUT2D eigenvalue weighted by Gasteiger charge is -2.26. The summed E-state index contributed by atoms with van der Waals surface area (Å²) in [4.78, 5) is 0.210. The van der Waals surface area contributed by atoms with Crippen LogP contribution in [0.4, 0.5) is 10.1 Å². The molecule has 4 rings (SSSR count). The molecule has 1 aliphatic heterocycles. The van der Waals surface area contributed by atoms with Crippen LogP contribution in [0.3, 0.4) is 0 Å². The smallest absolute Gasteiger partial charge is 0.247 e. The molecular weight excluding hydrogens is 399 g/mol. The van der Waals surface area contributed by atoms with Crippen LogP contribution in [0.5, 0.6) is 0 Å². The van der Waals surface area contributed by atoms with Crippen LogP contribution in [-0.2, 0) is 21.3 Å². The highest BCUT2D eigenvalue weighted by molar-refractivity contribution is 7.89. The van der Waals surface area contributed by atoms with Gasteiger partial charge in [-0.05, 0) is 42.5 Å². The number of hydrogen-bond donors (Lipinski definition) is 1. The van der Waals surface area contributed by atoms with Gasteiger partial charge in [-0.3, -0.25) is 0 Å². The van der Waals surface area contributed by atoms with Gasteiger partial charge >= 0.3 is 0 Å². The molecule has 10 heteroatoms. The van der Waals surface area contributed by atoms with E-state index in [1.807, 2.05) is 0 Å². The van der Waals surface area contributed by atoms with Gasteiger partial charge in [0.25, 0.3) is 0 Å². The highest BCUT2D eigenvalue weighted by atomic mass is 32.2. The first-order valence-corrected chi connectivity index (χ1v) is 10.5. The number of ether oxygens (including phenoxy) is 1. The molecule has 1 aliphatic rings. The van der Waals surface area contributed by atoms with Crippen LogP contribution in [0.25, 0.3) is 11.5 Å². The van der Waals surface area contributed by atoms with Crippen LogP contribution >= 0.6 is 0 Å². The fourth-order valence-electron chi connectivity index (χ4n) is 2.91. The Balaban J connectivity index is 1.44. The largest absolute Gasteiger partial charge is 0.419 e. The Kier molecular flexibility index (Phi) is 5.56. The first-order valence-electron chi connectivity index (χ1n) is 9.02. The van der Waals surface area contributed by atoms with E-state index in [0.717, 1.165) is 0 Å². The zero-order chi connectivity index (χ0) is 20.3. The summed E-state index contributed by atoms with van der Waals surface area (Å²) >= 11 is 0. The summed E-state index contributed by atoms with van der Waals surface area (Å²) in [7, 11) is -3.57. The van der Waals surface area contributed by atoms with Crippen LogP contribution in [0.1, 0.15) is 5.89 Å². The van der Waals surface area contributed by atoms with Crippen molar-refractivity contribution in [3.8, 4) is 11.5 Å². The minimum atomic E-state index is -3.57. The second-order valence-corrected chi connectivity index (χ2v) is 8.34. The number of aromatic nitrogens is 2. The Morgan fingerprint density at radius 2 is 1.83 bits per heavy atom. The Morgan fingerprint density at radius 3 is 2.59 bits per heavy atom. The lowest BCUT2D eigenvalue weighted by molar-refractivity contribution is 0.0730. The molecule has 0 saturated carbocycles. The molecule has 1 fully saturated rings. The summed E-state index contributed by atoms with van der Waals surface area (Å²) in [5, 5.41) is 11.0. The third-order valence-corrected chi connectivity index (χ3v) is 6.34. The molecule has 1 N–H and O–H groups in total. The Morgan fingerprint density at radius 1 is 1.07 bits per heavy atom. The third-order valence-electron chi connectivity index (χ3n) is 4.44. The van der Waals surface area contributed by atoms with Crippen molar-refractivity contribution in [3.05, 3.63) is 60.2 Å². The van der Waals surface area contributed by atoms with E-state index in [2.05, 4.69) is 15.5 Å². The lowest BCUT2D eigenvalue weighted by Crippen LogP contribution is -2.40. The topological polar surface area (TPSA) is 97.6 Å². The van der Waals surface area contributed by atoms with E-state index in [4.69, 9.17) is 9.15 Å². The third kappa shape index (κ3) is 4.44. The number of halogens is 1. The maximum atomic E-state index is 13.0. The quantitative estimate of drug-likeness (QED) is 0.657. The zero-order valence-electron chi connectivity index (χ0n) is 15.4. The Hall–Kier alpha value is -2.82. The van der Waals surface area contributed by atoms with Crippen molar-refractivity contribution in [1.29, 1.82) is 0 Å². The maximum Gasteiger partial charge on any atom is 0.247 e. The number of morpholine rings is 1. The second kappa shape index (κ2) is 8.27. The van der Waals surface area contributed by atoms with Crippen LogP contribution in [0.2, 0.25) is 0 Å². The van der Waals surface area contributed by atoms with Crippen LogP contribution in [0.15, 0.2) is 57.8 Å². The first-order chi connectivity index (χ1) is 14.0. The predicted molar refractivity (Wildman–Crippen MR) is 103 cm³/mol. The molecule has 0 radical (unpaired) electrons. The Labute approximate surface area is 167 Å². The number of anilines is 1. The van der Waals surface area contributed by atoms with Crippen LogP contribution in [0, 0.1) is 5.82 Å². The van der Waals surface area contributed by atoms with E-state index in [-0.39, 0.29) is 23.1 Å². The number of sulfonamides is 1. The first kappa shape index (κ1) is 19.5. The van der Waals surface area contributed by atoms with E-state index in [0.29, 0.717) is 43.4 Å². The van der Waals surface area contributed by atoms with E-state index in [1.165, 1.54) is 16.4 Å². The van der Waals surface area contributed by atoms with Gasteiger partial charge in [0.2, 0.25) is 21.8 Å². The van der Waals surface area contributed by atoms with Crippen molar-refractivity contribution in [2.24, 2.45) is 0 Å². The molecule has 0 spiro atoms. The van der Waals surface area contributed by atoms with Gasteiger partial charge in [-0.1, -0.05) is 6.07 Å². The molecule has 0 aliphatic carbocycles. The van der Waals surface area contributed by atoms with Gasteiger partial charge in [-0.2, -0.15) is 4.31 Å². The fourth-order valence-corrected chi connectivity index (χ4v) is 4.37. The number of nitrogens with one attached hydrogen (secondary N) is 1. The summed E-state index contributed by atoms with van der Waals surface area (Å²) in [5.74, 6) is 0.262. The Bertz CT molecular complexity index is 1080. The number of rotatable bonds is 6.